The molecule has 0 spiro atoms. The van der Waals surface area contributed by atoms with Gasteiger partial charge in [-0.2, -0.15) is 0 Å². The van der Waals surface area contributed by atoms with Crippen molar-refractivity contribution in [3.63, 3.8) is 0 Å². The number of hydrogen-bond acceptors (Lipinski definition) is 2. The lowest BCUT2D eigenvalue weighted by Gasteiger charge is -2.11. The van der Waals surface area contributed by atoms with E-state index in [0.717, 1.165) is 22.5 Å². The summed E-state index contributed by atoms with van der Waals surface area (Å²) in [6, 6.07) is 16.1. The van der Waals surface area contributed by atoms with Crippen LogP contribution in [0.2, 0.25) is 0 Å². The molecule has 0 amide bonds. The molecule has 2 nitrogen and oxygen atoms in total. The monoisotopic (exact) mass is 305 g/mol. The number of anilines is 1. The standard InChI is InChI=1S/C15H16BrNO/c1-12-6-2-5-9-15(12)18-11-10-17-14-8-4-3-7-13(14)16/h2-9,17H,10-11H2,1H3. The second-order valence-electron chi connectivity index (χ2n) is 4.02. The summed E-state index contributed by atoms with van der Waals surface area (Å²) in [5.74, 6) is 0.950. The number of para-hydroxylation sites is 2. The van der Waals surface area contributed by atoms with Crippen LogP contribution in [0.25, 0.3) is 0 Å². The molecule has 0 saturated heterocycles. The van der Waals surface area contributed by atoms with E-state index >= 15 is 0 Å². The first-order chi connectivity index (χ1) is 8.77. The van der Waals surface area contributed by atoms with Gasteiger partial charge in [-0.1, -0.05) is 30.3 Å². The molecule has 2 aromatic carbocycles. The van der Waals surface area contributed by atoms with Gasteiger partial charge in [-0.05, 0) is 46.6 Å². The number of halogens is 1. The Bertz CT molecular complexity index is 466. The number of ether oxygens (including phenoxy) is 1. The molecule has 0 saturated carbocycles. The molecule has 18 heavy (non-hydrogen) atoms. The Balaban J connectivity index is 1.80. The summed E-state index contributed by atoms with van der Waals surface area (Å²) in [7, 11) is 0. The van der Waals surface area contributed by atoms with Crippen LogP contribution in [0, 0.1) is 6.92 Å². The summed E-state index contributed by atoms with van der Waals surface area (Å²) in [5, 5.41) is 3.33. The highest BCUT2D eigenvalue weighted by Crippen LogP contribution is 2.21. The summed E-state index contributed by atoms with van der Waals surface area (Å²) < 4.78 is 6.79. The van der Waals surface area contributed by atoms with Crippen LogP contribution in [0.15, 0.2) is 53.0 Å². The average Bonchev–Trinajstić information content (AvgIpc) is 2.38. The molecule has 0 fully saturated rings. The predicted octanol–water partition coefficient (Wildman–Crippen LogP) is 4.25. The van der Waals surface area contributed by atoms with Crippen LogP contribution in [-0.4, -0.2) is 13.2 Å². The maximum atomic E-state index is 5.72. The van der Waals surface area contributed by atoms with Gasteiger partial charge in [-0.3, -0.25) is 0 Å². The molecule has 0 unspecified atom stereocenters. The molecule has 2 rings (SSSR count). The van der Waals surface area contributed by atoms with Crippen LogP contribution < -0.4 is 10.1 Å². The third kappa shape index (κ3) is 3.50. The molecule has 2 aromatic rings. The van der Waals surface area contributed by atoms with Crippen molar-refractivity contribution < 1.29 is 4.74 Å². The summed E-state index contributed by atoms with van der Waals surface area (Å²) in [5.41, 5.74) is 2.25. The lowest BCUT2D eigenvalue weighted by molar-refractivity contribution is 0.330. The normalized spacial score (nSPS) is 10.1. The molecule has 0 bridgehead atoms. The van der Waals surface area contributed by atoms with Gasteiger partial charge in [0.25, 0.3) is 0 Å². The van der Waals surface area contributed by atoms with Crippen LogP contribution in [0.1, 0.15) is 5.56 Å². The minimum Gasteiger partial charge on any atom is -0.491 e. The van der Waals surface area contributed by atoms with E-state index in [1.54, 1.807) is 0 Å². The highest BCUT2D eigenvalue weighted by Gasteiger charge is 1.99. The molecule has 0 heterocycles. The van der Waals surface area contributed by atoms with E-state index in [1.807, 2.05) is 42.5 Å². The first kappa shape index (κ1) is 13.0. The minimum absolute atomic E-state index is 0.645. The molecular formula is C15H16BrNO. The van der Waals surface area contributed by atoms with Crippen molar-refractivity contribution in [2.24, 2.45) is 0 Å². The number of rotatable bonds is 5. The maximum Gasteiger partial charge on any atom is 0.122 e. The van der Waals surface area contributed by atoms with E-state index in [0.29, 0.717) is 6.61 Å². The Kier molecular flexibility index (Phi) is 4.65. The van der Waals surface area contributed by atoms with Gasteiger partial charge in [-0.15, -0.1) is 0 Å². The first-order valence-electron chi connectivity index (χ1n) is 5.94. The van der Waals surface area contributed by atoms with Gasteiger partial charge in [0.1, 0.15) is 12.4 Å². The van der Waals surface area contributed by atoms with Crippen molar-refractivity contribution in [3.8, 4) is 5.75 Å². The van der Waals surface area contributed by atoms with Gasteiger partial charge in [-0.25, -0.2) is 0 Å². The van der Waals surface area contributed by atoms with Gasteiger partial charge < -0.3 is 10.1 Å². The third-order valence-electron chi connectivity index (χ3n) is 2.64. The maximum absolute atomic E-state index is 5.72. The number of aryl methyl sites for hydroxylation is 1. The number of hydrogen-bond donors (Lipinski definition) is 1. The quantitative estimate of drug-likeness (QED) is 0.834. The summed E-state index contributed by atoms with van der Waals surface area (Å²) in [4.78, 5) is 0. The molecule has 0 radical (unpaired) electrons. The van der Waals surface area contributed by atoms with Gasteiger partial charge >= 0.3 is 0 Å². The molecule has 0 aliphatic rings. The molecule has 1 N–H and O–H groups in total. The van der Waals surface area contributed by atoms with E-state index in [1.165, 1.54) is 5.56 Å². The largest absolute Gasteiger partial charge is 0.491 e. The zero-order valence-electron chi connectivity index (χ0n) is 10.3. The highest BCUT2D eigenvalue weighted by atomic mass is 79.9. The van der Waals surface area contributed by atoms with Gasteiger partial charge in [0, 0.05) is 16.7 Å². The summed E-state index contributed by atoms with van der Waals surface area (Å²) >= 11 is 3.50. The van der Waals surface area contributed by atoms with E-state index < -0.39 is 0 Å². The van der Waals surface area contributed by atoms with Crippen molar-refractivity contribution in [1.29, 1.82) is 0 Å². The fourth-order valence-electron chi connectivity index (χ4n) is 1.67. The Labute approximate surface area is 116 Å². The topological polar surface area (TPSA) is 21.3 Å². The van der Waals surface area contributed by atoms with Crippen molar-refractivity contribution in [2.45, 2.75) is 6.92 Å². The Hall–Kier alpha value is -1.48. The van der Waals surface area contributed by atoms with E-state index in [9.17, 15) is 0 Å². The minimum atomic E-state index is 0.645. The first-order valence-corrected chi connectivity index (χ1v) is 6.73. The fraction of sp³-hybridized carbons (Fsp3) is 0.200. The van der Waals surface area contributed by atoms with Crippen LogP contribution in [0.4, 0.5) is 5.69 Å². The molecule has 0 aromatic heterocycles. The highest BCUT2D eigenvalue weighted by molar-refractivity contribution is 9.10. The Morgan fingerprint density at radius 3 is 2.56 bits per heavy atom. The zero-order chi connectivity index (χ0) is 12.8. The van der Waals surface area contributed by atoms with Crippen LogP contribution >= 0.6 is 15.9 Å². The van der Waals surface area contributed by atoms with Crippen molar-refractivity contribution in [1.82, 2.24) is 0 Å². The van der Waals surface area contributed by atoms with Crippen molar-refractivity contribution in [2.75, 3.05) is 18.5 Å². The Morgan fingerprint density at radius 2 is 1.78 bits per heavy atom. The van der Waals surface area contributed by atoms with Crippen molar-refractivity contribution in [3.05, 3.63) is 58.6 Å². The third-order valence-corrected chi connectivity index (χ3v) is 3.33. The average molecular weight is 306 g/mol. The Morgan fingerprint density at radius 1 is 1.06 bits per heavy atom. The van der Waals surface area contributed by atoms with Crippen LogP contribution in [0.3, 0.4) is 0 Å². The number of nitrogens with one attached hydrogen (secondary N) is 1. The van der Waals surface area contributed by atoms with Gasteiger partial charge in [0.05, 0.1) is 0 Å². The lowest BCUT2D eigenvalue weighted by Crippen LogP contribution is -2.12. The summed E-state index contributed by atoms with van der Waals surface area (Å²) in [6.07, 6.45) is 0. The molecular weight excluding hydrogens is 290 g/mol. The number of benzene rings is 2. The molecule has 0 atom stereocenters. The second kappa shape index (κ2) is 6.45. The molecule has 0 aliphatic carbocycles. The van der Waals surface area contributed by atoms with Crippen LogP contribution in [0.5, 0.6) is 5.75 Å². The lowest BCUT2D eigenvalue weighted by atomic mass is 10.2. The molecule has 3 heteroatoms. The SMILES string of the molecule is Cc1ccccc1OCCNc1ccccc1Br. The van der Waals surface area contributed by atoms with E-state index in [-0.39, 0.29) is 0 Å². The van der Waals surface area contributed by atoms with Crippen molar-refractivity contribution >= 4 is 21.6 Å². The molecule has 94 valence electrons. The second-order valence-corrected chi connectivity index (χ2v) is 4.87. The zero-order valence-corrected chi connectivity index (χ0v) is 11.9. The van der Waals surface area contributed by atoms with E-state index in [2.05, 4.69) is 34.2 Å². The predicted molar refractivity (Wildman–Crippen MR) is 79.3 cm³/mol. The smallest absolute Gasteiger partial charge is 0.122 e. The van der Waals surface area contributed by atoms with Gasteiger partial charge in [0.2, 0.25) is 0 Å². The van der Waals surface area contributed by atoms with E-state index in [4.69, 9.17) is 4.74 Å². The fourth-order valence-corrected chi connectivity index (χ4v) is 2.09. The molecule has 0 aliphatic heterocycles. The van der Waals surface area contributed by atoms with Gasteiger partial charge in [0.15, 0.2) is 0 Å². The van der Waals surface area contributed by atoms with Crippen LogP contribution in [-0.2, 0) is 0 Å². The summed E-state index contributed by atoms with van der Waals surface area (Å²) in [6.45, 7) is 3.47.